The maximum atomic E-state index is 13.2. The zero-order valence-corrected chi connectivity index (χ0v) is 14.7. The van der Waals surface area contributed by atoms with Gasteiger partial charge in [-0.05, 0) is 25.1 Å². The summed E-state index contributed by atoms with van der Waals surface area (Å²) in [4.78, 5) is 4.32. The molecule has 0 bridgehead atoms. The molecule has 0 unspecified atom stereocenters. The molecule has 6 heteroatoms. The second kappa shape index (κ2) is 6.54. The normalized spacial score (nSPS) is 10.9. The molecule has 0 N–H and O–H groups in total. The molecule has 1 heterocycles. The van der Waals surface area contributed by atoms with E-state index in [0.29, 0.717) is 11.3 Å². The molecule has 0 spiro atoms. The number of hydrogen-bond donors (Lipinski definition) is 0. The van der Waals surface area contributed by atoms with Gasteiger partial charge < -0.3 is 28.5 Å². The van der Waals surface area contributed by atoms with E-state index in [1.165, 1.54) is 12.1 Å². The number of aromatic nitrogens is 2. The highest BCUT2D eigenvalue weighted by molar-refractivity contribution is 5.50. The SMILES string of the molecule is Cc1ncn(-c2ccc(F)cc2C#N)c1C[N+](C)(C)C.[I-]. The first kappa shape index (κ1) is 17.6. The van der Waals surface area contributed by atoms with Crippen LogP contribution in [-0.2, 0) is 6.54 Å². The van der Waals surface area contributed by atoms with E-state index in [-0.39, 0.29) is 24.0 Å². The summed E-state index contributed by atoms with van der Waals surface area (Å²) in [5.41, 5.74) is 2.93. The molecule has 112 valence electrons. The second-order valence-corrected chi connectivity index (χ2v) is 5.87. The fraction of sp³-hybridized carbons (Fsp3) is 0.333. The van der Waals surface area contributed by atoms with Crippen LogP contribution in [0.25, 0.3) is 5.69 Å². The molecule has 0 saturated carbocycles. The minimum Gasteiger partial charge on any atom is -1.00 e. The van der Waals surface area contributed by atoms with Gasteiger partial charge in [-0.15, -0.1) is 0 Å². The summed E-state index contributed by atoms with van der Waals surface area (Å²) in [6.07, 6.45) is 1.69. The van der Waals surface area contributed by atoms with Crippen LogP contribution < -0.4 is 24.0 Å². The van der Waals surface area contributed by atoms with Gasteiger partial charge in [0, 0.05) is 0 Å². The van der Waals surface area contributed by atoms with Crippen LogP contribution in [0.4, 0.5) is 4.39 Å². The lowest BCUT2D eigenvalue weighted by molar-refractivity contribution is -0.884. The summed E-state index contributed by atoms with van der Waals surface area (Å²) >= 11 is 0. The number of nitrogens with zero attached hydrogens (tertiary/aromatic N) is 4. The molecule has 2 rings (SSSR count). The predicted molar refractivity (Wildman–Crippen MR) is 74.7 cm³/mol. The highest BCUT2D eigenvalue weighted by Gasteiger charge is 2.18. The maximum Gasteiger partial charge on any atom is 0.124 e. The Balaban J connectivity index is 0.00000220. The first-order valence-corrected chi connectivity index (χ1v) is 6.35. The number of imidazole rings is 1. The van der Waals surface area contributed by atoms with E-state index < -0.39 is 5.82 Å². The topological polar surface area (TPSA) is 41.6 Å². The molecule has 21 heavy (non-hydrogen) atoms. The maximum absolute atomic E-state index is 13.2. The number of benzene rings is 1. The predicted octanol–water partition coefficient (Wildman–Crippen LogP) is -0.598. The Morgan fingerprint density at radius 2 is 2.00 bits per heavy atom. The Bertz CT molecular complexity index is 680. The third kappa shape index (κ3) is 4.02. The van der Waals surface area contributed by atoms with Gasteiger partial charge in [-0.1, -0.05) is 0 Å². The number of rotatable bonds is 3. The van der Waals surface area contributed by atoms with Crippen molar-refractivity contribution in [2.24, 2.45) is 0 Å². The summed E-state index contributed by atoms with van der Waals surface area (Å²) in [6.45, 7) is 2.71. The highest BCUT2D eigenvalue weighted by atomic mass is 127. The summed E-state index contributed by atoms with van der Waals surface area (Å²) in [7, 11) is 6.27. The second-order valence-electron chi connectivity index (χ2n) is 5.87. The number of quaternary nitrogens is 1. The summed E-state index contributed by atoms with van der Waals surface area (Å²) in [5.74, 6) is -0.407. The van der Waals surface area contributed by atoms with Crippen LogP contribution in [0.5, 0.6) is 0 Å². The van der Waals surface area contributed by atoms with Gasteiger partial charge in [0.1, 0.15) is 24.1 Å². The Kier molecular flexibility index (Phi) is 5.48. The van der Waals surface area contributed by atoms with E-state index in [2.05, 4.69) is 26.1 Å². The minimum atomic E-state index is -0.407. The number of hydrogen-bond acceptors (Lipinski definition) is 2. The van der Waals surface area contributed by atoms with Gasteiger partial charge in [-0.3, -0.25) is 4.57 Å². The molecule has 0 saturated heterocycles. The monoisotopic (exact) mass is 400 g/mol. The fourth-order valence-corrected chi connectivity index (χ4v) is 2.12. The lowest BCUT2D eigenvalue weighted by Gasteiger charge is -2.25. The van der Waals surface area contributed by atoms with Crippen LogP contribution in [0.1, 0.15) is 17.0 Å². The molecule has 0 radical (unpaired) electrons. The van der Waals surface area contributed by atoms with Crippen LogP contribution in [0, 0.1) is 24.1 Å². The third-order valence-electron chi connectivity index (χ3n) is 3.04. The van der Waals surface area contributed by atoms with Gasteiger partial charge in [0.25, 0.3) is 0 Å². The molecule has 0 aliphatic heterocycles. The van der Waals surface area contributed by atoms with Crippen molar-refractivity contribution in [1.29, 1.82) is 5.26 Å². The van der Waals surface area contributed by atoms with Crippen LogP contribution in [-0.4, -0.2) is 35.2 Å². The van der Waals surface area contributed by atoms with E-state index in [4.69, 9.17) is 0 Å². The molecule has 2 aromatic rings. The minimum absolute atomic E-state index is 0. The largest absolute Gasteiger partial charge is 1.00 e. The standard InChI is InChI=1S/C15H18FN4.HI/c1-11-15(9-20(2,3)4)19(10-18-11)14-6-5-13(16)7-12(14)8-17;/h5-7,10H,9H2,1-4H3;1H/q+1;/p-1. The molecule has 0 aliphatic carbocycles. The Hall–Kier alpha value is -1.46. The van der Waals surface area contributed by atoms with E-state index in [9.17, 15) is 9.65 Å². The van der Waals surface area contributed by atoms with Crippen molar-refractivity contribution < 1.29 is 32.9 Å². The van der Waals surface area contributed by atoms with Gasteiger partial charge in [0.2, 0.25) is 0 Å². The zero-order chi connectivity index (χ0) is 14.9. The quantitative estimate of drug-likeness (QED) is 0.511. The van der Waals surface area contributed by atoms with Gasteiger partial charge in [-0.2, -0.15) is 5.26 Å². The molecule has 0 aliphatic rings. The van der Waals surface area contributed by atoms with Crippen LogP contribution in [0.2, 0.25) is 0 Å². The Morgan fingerprint density at radius 1 is 1.33 bits per heavy atom. The molecule has 0 fully saturated rings. The van der Waals surface area contributed by atoms with Gasteiger partial charge in [-0.25, -0.2) is 9.37 Å². The number of nitriles is 1. The van der Waals surface area contributed by atoms with Crippen molar-refractivity contribution in [1.82, 2.24) is 9.55 Å². The Morgan fingerprint density at radius 3 is 2.57 bits per heavy atom. The highest BCUT2D eigenvalue weighted by Crippen LogP contribution is 2.21. The lowest BCUT2D eigenvalue weighted by atomic mass is 10.1. The molecule has 1 aromatic heterocycles. The van der Waals surface area contributed by atoms with Crippen molar-refractivity contribution in [3.05, 3.63) is 47.3 Å². The molecule has 0 amide bonds. The van der Waals surface area contributed by atoms with Crippen LogP contribution in [0.3, 0.4) is 0 Å². The van der Waals surface area contributed by atoms with E-state index in [0.717, 1.165) is 22.4 Å². The fourth-order valence-electron chi connectivity index (χ4n) is 2.12. The summed E-state index contributed by atoms with van der Waals surface area (Å²) in [5, 5.41) is 9.18. The number of halogens is 2. The first-order valence-electron chi connectivity index (χ1n) is 6.35. The van der Waals surface area contributed by atoms with Crippen molar-refractivity contribution in [3.63, 3.8) is 0 Å². The van der Waals surface area contributed by atoms with E-state index in [1.54, 1.807) is 12.4 Å². The van der Waals surface area contributed by atoms with Gasteiger partial charge >= 0.3 is 0 Å². The third-order valence-corrected chi connectivity index (χ3v) is 3.04. The summed E-state index contributed by atoms with van der Waals surface area (Å²) in [6, 6.07) is 6.27. The van der Waals surface area contributed by atoms with Gasteiger partial charge in [0.05, 0.1) is 44.4 Å². The van der Waals surface area contributed by atoms with Crippen molar-refractivity contribution >= 4 is 0 Å². The molecule has 1 aromatic carbocycles. The average Bonchev–Trinajstić information content (AvgIpc) is 2.69. The zero-order valence-electron chi connectivity index (χ0n) is 12.6. The van der Waals surface area contributed by atoms with E-state index in [1.807, 2.05) is 17.6 Å². The van der Waals surface area contributed by atoms with Crippen molar-refractivity contribution in [2.45, 2.75) is 13.5 Å². The molecular formula is C15H18FIN4. The molecule has 0 atom stereocenters. The van der Waals surface area contributed by atoms with Crippen molar-refractivity contribution in [3.8, 4) is 11.8 Å². The summed E-state index contributed by atoms with van der Waals surface area (Å²) < 4.78 is 15.9. The Labute approximate surface area is 141 Å². The van der Waals surface area contributed by atoms with Crippen LogP contribution >= 0.6 is 0 Å². The van der Waals surface area contributed by atoms with E-state index >= 15 is 0 Å². The molecular weight excluding hydrogens is 382 g/mol. The average molecular weight is 400 g/mol. The lowest BCUT2D eigenvalue weighted by Crippen LogP contribution is -3.00. The smallest absolute Gasteiger partial charge is 0.124 e. The van der Waals surface area contributed by atoms with Crippen molar-refractivity contribution in [2.75, 3.05) is 21.1 Å². The molecule has 4 nitrogen and oxygen atoms in total. The van der Waals surface area contributed by atoms with Gasteiger partial charge in [0.15, 0.2) is 0 Å². The first-order chi connectivity index (χ1) is 9.31. The van der Waals surface area contributed by atoms with Crippen LogP contribution in [0.15, 0.2) is 24.5 Å². The number of aryl methyl sites for hydroxylation is 1.